The van der Waals surface area contributed by atoms with E-state index in [9.17, 15) is 0 Å². The minimum atomic E-state index is 0.897. The number of hydrogen-bond acceptors (Lipinski definition) is 3. The maximum atomic E-state index is 6.67. The first kappa shape index (κ1) is 24.0. The Morgan fingerprint density at radius 1 is 0.600 bits per heavy atom. The van der Waals surface area contributed by atoms with E-state index < -0.39 is 0 Å². The van der Waals surface area contributed by atoms with Crippen molar-refractivity contribution in [2.75, 3.05) is 4.90 Å². The molecule has 2 aliphatic rings. The number of benzene rings is 7. The SMILES string of the molecule is [B]1c2cccc3c2N(c2ccccc2S3)c2cc3oc4ccccc4c3c(-c3cccc4c3[nH]c3c5ccccc5ccc43)c21. The Morgan fingerprint density at radius 3 is 2.36 bits per heavy atom. The maximum absolute atomic E-state index is 6.67. The fraction of sp³-hybridized carbons (Fsp3) is 0. The van der Waals surface area contributed by atoms with Gasteiger partial charge in [-0.15, -0.1) is 0 Å². The predicted octanol–water partition coefficient (Wildman–Crippen LogP) is 9.94. The van der Waals surface area contributed by atoms with E-state index in [4.69, 9.17) is 4.42 Å². The van der Waals surface area contributed by atoms with Crippen LogP contribution >= 0.6 is 11.8 Å². The van der Waals surface area contributed by atoms with Gasteiger partial charge in [-0.25, -0.2) is 0 Å². The van der Waals surface area contributed by atoms with E-state index in [-0.39, 0.29) is 0 Å². The molecule has 0 fully saturated rings. The zero-order valence-electron chi connectivity index (χ0n) is 24.0. The Bertz CT molecular complexity index is 2740. The molecule has 3 nitrogen and oxygen atoms in total. The molecule has 0 aliphatic carbocycles. The molecule has 45 heavy (non-hydrogen) atoms. The van der Waals surface area contributed by atoms with E-state index in [0.29, 0.717) is 0 Å². The van der Waals surface area contributed by atoms with Crippen LogP contribution in [0.4, 0.5) is 17.1 Å². The van der Waals surface area contributed by atoms with E-state index >= 15 is 0 Å². The highest BCUT2D eigenvalue weighted by Gasteiger charge is 2.35. The second-order valence-corrected chi connectivity index (χ2v) is 13.0. The van der Waals surface area contributed by atoms with Crippen LogP contribution in [-0.4, -0.2) is 12.3 Å². The molecule has 9 aromatic rings. The molecule has 4 heterocycles. The van der Waals surface area contributed by atoms with Gasteiger partial charge in [-0.1, -0.05) is 114 Å². The molecule has 11 rings (SSSR count). The second kappa shape index (κ2) is 8.62. The molecule has 1 N–H and O–H groups in total. The lowest BCUT2D eigenvalue weighted by Gasteiger charge is -2.39. The van der Waals surface area contributed by atoms with Gasteiger partial charge in [-0.05, 0) is 40.7 Å². The van der Waals surface area contributed by atoms with Crippen molar-refractivity contribution in [2.24, 2.45) is 0 Å². The van der Waals surface area contributed by atoms with E-state index in [1.165, 1.54) is 70.3 Å². The van der Waals surface area contributed by atoms with Gasteiger partial charge in [0.05, 0.1) is 22.4 Å². The number of aromatic nitrogens is 1. The number of hydrogen-bond donors (Lipinski definition) is 1. The van der Waals surface area contributed by atoms with Crippen LogP contribution in [-0.2, 0) is 0 Å². The van der Waals surface area contributed by atoms with Crippen LogP contribution < -0.4 is 15.8 Å². The van der Waals surface area contributed by atoms with Gasteiger partial charge in [0.2, 0.25) is 0 Å². The van der Waals surface area contributed by atoms with Crippen molar-refractivity contribution in [3.63, 3.8) is 0 Å². The third-order valence-electron chi connectivity index (χ3n) is 9.61. The topological polar surface area (TPSA) is 32.2 Å². The summed E-state index contributed by atoms with van der Waals surface area (Å²) in [6, 6.07) is 46.0. The van der Waals surface area contributed by atoms with Crippen molar-refractivity contribution in [1.29, 1.82) is 0 Å². The molecule has 2 aromatic heterocycles. The molecular formula is C40H22BN2OS. The summed E-state index contributed by atoms with van der Waals surface area (Å²) in [5.74, 6) is 0. The minimum absolute atomic E-state index is 0.897. The van der Waals surface area contributed by atoms with Crippen molar-refractivity contribution in [3.8, 4) is 11.1 Å². The van der Waals surface area contributed by atoms with E-state index in [0.717, 1.165) is 33.1 Å². The number of rotatable bonds is 1. The summed E-state index contributed by atoms with van der Waals surface area (Å²) in [4.78, 5) is 8.90. The molecule has 0 amide bonds. The predicted molar refractivity (Wildman–Crippen MR) is 190 cm³/mol. The van der Waals surface area contributed by atoms with Gasteiger partial charge in [-0.3, -0.25) is 0 Å². The summed E-state index contributed by atoms with van der Waals surface area (Å²) in [6.07, 6.45) is 0. The highest BCUT2D eigenvalue weighted by Crippen LogP contribution is 2.53. The first-order valence-electron chi connectivity index (χ1n) is 15.3. The number of nitrogens with one attached hydrogen (secondary N) is 1. The largest absolute Gasteiger partial charge is 0.456 e. The zero-order chi connectivity index (χ0) is 29.2. The lowest BCUT2D eigenvalue weighted by atomic mass is 9.57. The quantitative estimate of drug-likeness (QED) is 0.194. The fourth-order valence-electron chi connectivity index (χ4n) is 7.73. The van der Waals surface area contributed by atoms with Gasteiger partial charge in [-0.2, -0.15) is 0 Å². The Labute approximate surface area is 263 Å². The molecule has 0 bridgehead atoms. The van der Waals surface area contributed by atoms with E-state index in [1.807, 2.05) is 11.8 Å². The summed E-state index contributed by atoms with van der Waals surface area (Å²) in [6.45, 7) is 0. The molecular weight excluding hydrogens is 567 g/mol. The number of H-pyrrole nitrogens is 1. The summed E-state index contributed by atoms with van der Waals surface area (Å²) in [5.41, 5.74) is 12.5. The van der Waals surface area contributed by atoms with E-state index in [1.54, 1.807) is 0 Å². The zero-order valence-corrected chi connectivity index (χ0v) is 24.8. The summed E-state index contributed by atoms with van der Waals surface area (Å²) in [5, 5.41) is 7.22. The summed E-state index contributed by atoms with van der Waals surface area (Å²) in [7, 11) is 2.40. The minimum Gasteiger partial charge on any atom is -0.456 e. The molecule has 0 unspecified atom stereocenters. The van der Waals surface area contributed by atoms with Crippen molar-refractivity contribution >= 4 is 102 Å². The molecule has 207 valence electrons. The van der Waals surface area contributed by atoms with Crippen LogP contribution in [0, 0.1) is 0 Å². The van der Waals surface area contributed by atoms with E-state index in [2.05, 4.69) is 145 Å². The first-order valence-corrected chi connectivity index (χ1v) is 16.1. The standard InChI is InChI=1S/C40H22BN2OS/c1-2-10-23-22(9-1)19-20-25-24-12-7-13-27(39(24)42-38(23)25)36-35-26-11-3-5-16-31(26)44-32(35)21-30-37(36)41-28-14-8-18-34-40(28)43(30)29-15-4-6-17-33(29)45-34/h1-21,42H. The Balaban J connectivity index is 1.31. The van der Waals surface area contributed by atoms with Gasteiger partial charge in [0.25, 0.3) is 0 Å². The second-order valence-electron chi connectivity index (χ2n) is 12.0. The van der Waals surface area contributed by atoms with Crippen LogP contribution in [0.5, 0.6) is 0 Å². The van der Waals surface area contributed by atoms with Crippen LogP contribution in [0.25, 0.3) is 65.6 Å². The van der Waals surface area contributed by atoms with Crippen LogP contribution in [0.1, 0.15) is 0 Å². The molecule has 1 radical (unpaired) electrons. The van der Waals surface area contributed by atoms with Gasteiger partial charge in [0.1, 0.15) is 11.2 Å². The maximum Gasteiger partial charge on any atom is 0.197 e. The highest BCUT2D eigenvalue weighted by molar-refractivity contribution is 7.99. The van der Waals surface area contributed by atoms with Crippen molar-refractivity contribution < 1.29 is 4.42 Å². The molecule has 5 heteroatoms. The average molecular weight is 590 g/mol. The third kappa shape index (κ3) is 3.13. The van der Waals surface area contributed by atoms with Crippen LogP contribution in [0.2, 0.25) is 0 Å². The monoisotopic (exact) mass is 589 g/mol. The van der Waals surface area contributed by atoms with Crippen LogP contribution in [0.3, 0.4) is 0 Å². The molecule has 0 saturated heterocycles. The Kier molecular flexibility index (Phi) is 4.60. The molecule has 0 spiro atoms. The van der Waals surface area contributed by atoms with Crippen LogP contribution in [0.15, 0.2) is 142 Å². The number of furan rings is 1. The lowest BCUT2D eigenvalue weighted by molar-refractivity contribution is 0.669. The number of aromatic amines is 1. The van der Waals surface area contributed by atoms with Gasteiger partial charge in [0.15, 0.2) is 7.28 Å². The number of para-hydroxylation sites is 4. The third-order valence-corrected chi connectivity index (χ3v) is 10.7. The van der Waals surface area contributed by atoms with Crippen molar-refractivity contribution in [3.05, 3.63) is 127 Å². The van der Waals surface area contributed by atoms with Crippen molar-refractivity contribution in [1.82, 2.24) is 4.98 Å². The van der Waals surface area contributed by atoms with Gasteiger partial charge < -0.3 is 14.3 Å². The molecule has 0 atom stereocenters. The summed E-state index contributed by atoms with van der Waals surface area (Å²) >= 11 is 1.85. The normalized spacial score (nSPS) is 13.4. The van der Waals surface area contributed by atoms with Gasteiger partial charge >= 0.3 is 0 Å². The number of anilines is 3. The smallest absolute Gasteiger partial charge is 0.197 e. The van der Waals surface area contributed by atoms with Crippen molar-refractivity contribution in [2.45, 2.75) is 9.79 Å². The molecule has 2 aliphatic heterocycles. The molecule has 0 saturated carbocycles. The number of fused-ring (bicyclic) bond motifs is 12. The fourth-order valence-corrected chi connectivity index (χ4v) is 8.82. The average Bonchev–Trinajstić information content (AvgIpc) is 3.66. The molecule has 7 aromatic carbocycles. The first-order chi connectivity index (χ1) is 22.3. The van der Waals surface area contributed by atoms with Gasteiger partial charge in [0, 0.05) is 54.0 Å². The highest BCUT2D eigenvalue weighted by atomic mass is 32.2. The Hall–Kier alpha value is -5.39. The summed E-state index contributed by atoms with van der Waals surface area (Å²) < 4.78 is 6.67. The lowest BCUT2D eigenvalue weighted by Crippen LogP contribution is -2.42. The number of nitrogens with zero attached hydrogens (tertiary/aromatic N) is 1. The Morgan fingerprint density at radius 2 is 1.38 bits per heavy atom.